The number of carbonyl (C=O) groups is 1. The number of hydrogen-bond acceptors (Lipinski definition) is 5. The predicted molar refractivity (Wildman–Crippen MR) is 67.9 cm³/mol. The summed E-state index contributed by atoms with van der Waals surface area (Å²) >= 11 is 1.40. The second-order valence-corrected chi connectivity index (χ2v) is 5.20. The number of benzene rings is 1. The third-order valence-electron chi connectivity index (χ3n) is 2.74. The first-order valence-electron chi connectivity index (χ1n) is 5.67. The Balaban J connectivity index is 1.75. The third-order valence-corrected chi connectivity index (χ3v) is 3.74. The van der Waals surface area contributed by atoms with Gasteiger partial charge >= 0.3 is 0 Å². The monoisotopic (exact) mass is 261 g/mol. The number of rotatable bonds is 3. The summed E-state index contributed by atoms with van der Waals surface area (Å²) in [5, 5.41) is 21.6. The van der Waals surface area contributed by atoms with E-state index in [0.29, 0.717) is 11.0 Å². The highest BCUT2D eigenvalue weighted by molar-refractivity contribution is 7.15. The summed E-state index contributed by atoms with van der Waals surface area (Å²) < 4.78 is 0. The summed E-state index contributed by atoms with van der Waals surface area (Å²) in [5.74, 6) is 0.117. The number of nitrogens with zero attached hydrogens (tertiary/aromatic N) is 2. The zero-order chi connectivity index (χ0) is 12.5. The van der Waals surface area contributed by atoms with Gasteiger partial charge in [-0.2, -0.15) is 0 Å². The number of aromatic hydroxyl groups is 1. The molecule has 0 aliphatic heterocycles. The van der Waals surface area contributed by atoms with E-state index in [0.717, 1.165) is 17.8 Å². The van der Waals surface area contributed by atoms with Gasteiger partial charge in [-0.1, -0.05) is 23.5 Å². The number of phenols is 1. The van der Waals surface area contributed by atoms with Gasteiger partial charge in [-0.25, -0.2) is 0 Å². The molecular weight excluding hydrogens is 250 g/mol. The van der Waals surface area contributed by atoms with E-state index in [2.05, 4.69) is 15.5 Å². The van der Waals surface area contributed by atoms with Crippen molar-refractivity contribution < 1.29 is 9.90 Å². The largest absolute Gasteiger partial charge is 0.507 e. The lowest BCUT2D eigenvalue weighted by Crippen LogP contribution is -2.11. The number of carbonyl (C=O) groups excluding carboxylic acids is 1. The maximum atomic E-state index is 11.9. The van der Waals surface area contributed by atoms with Gasteiger partial charge in [0.25, 0.3) is 5.91 Å². The SMILES string of the molecule is O=C(Nc1nnc(C2CC2)s1)c1ccccc1O. The van der Waals surface area contributed by atoms with Crippen molar-refractivity contribution in [1.29, 1.82) is 0 Å². The molecule has 5 nitrogen and oxygen atoms in total. The molecule has 0 spiro atoms. The van der Waals surface area contributed by atoms with Crippen LogP contribution in [0.15, 0.2) is 24.3 Å². The molecule has 0 radical (unpaired) electrons. The third kappa shape index (κ3) is 2.19. The number of nitrogens with one attached hydrogen (secondary N) is 1. The van der Waals surface area contributed by atoms with Crippen LogP contribution in [0.2, 0.25) is 0 Å². The van der Waals surface area contributed by atoms with E-state index in [1.807, 2.05) is 0 Å². The summed E-state index contributed by atoms with van der Waals surface area (Å²) in [5.41, 5.74) is 0.237. The van der Waals surface area contributed by atoms with Crippen LogP contribution in [0.3, 0.4) is 0 Å². The first kappa shape index (κ1) is 11.2. The summed E-state index contributed by atoms with van der Waals surface area (Å²) in [7, 11) is 0. The van der Waals surface area contributed by atoms with Crippen LogP contribution in [-0.4, -0.2) is 21.2 Å². The summed E-state index contributed by atoms with van der Waals surface area (Å²) in [6, 6.07) is 6.41. The quantitative estimate of drug-likeness (QED) is 0.889. The van der Waals surface area contributed by atoms with Crippen molar-refractivity contribution in [2.24, 2.45) is 0 Å². The minimum absolute atomic E-state index is 0.0399. The average molecular weight is 261 g/mol. The van der Waals surface area contributed by atoms with Crippen molar-refractivity contribution >= 4 is 22.4 Å². The number of hydrogen-bond donors (Lipinski definition) is 2. The van der Waals surface area contributed by atoms with Crippen LogP contribution in [0.4, 0.5) is 5.13 Å². The van der Waals surface area contributed by atoms with Crippen molar-refractivity contribution in [2.75, 3.05) is 5.32 Å². The van der Waals surface area contributed by atoms with Crippen molar-refractivity contribution in [1.82, 2.24) is 10.2 Å². The zero-order valence-electron chi connectivity index (χ0n) is 9.46. The van der Waals surface area contributed by atoms with Gasteiger partial charge in [0.1, 0.15) is 10.8 Å². The Morgan fingerprint density at radius 1 is 1.33 bits per heavy atom. The fraction of sp³-hybridized carbons (Fsp3) is 0.250. The Kier molecular flexibility index (Phi) is 2.71. The molecule has 0 bridgehead atoms. The number of para-hydroxylation sites is 1. The van der Waals surface area contributed by atoms with Crippen LogP contribution in [0.1, 0.15) is 34.1 Å². The molecule has 0 unspecified atom stereocenters. The van der Waals surface area contributed by atoms with Gasteiger partial charge in [-0.05, 0) is 25.0 Å². The molecule has 1 aliphatic rings. The molecule has 1 saturated carbocycles. The molecule has 1 fully saturated rings. The standard InChI is InChI=1S/C12H11N3O2S/c16-9-4-2-1-3-8(9)10(17)13-12-15-14-11(18-12)7-5-6-7/h1-4,7,16H,5-6H2,(H,13,15,17). The van der Waals surface area contributed by atoms with E-state index in [1.54, 1.807) is 18.2 Å². The highest BCUT2D eigenvalue weighted by Crippen LogP contribution is 2.42. The minimum atomic E-state index is -0.369. The molecule has 1 heterocycles. The molecule has 1 amide bonds. The first-order valence-corrected chi connectivity index (χ1v) is 6.48. The molecule has 1 aromatic heterocycles. The van der Waals surface area contributed by atoms with E-state index in [9.17, 15) is 9.90 Å². The Morgan fingerprint density at radius 3 is 2.83 bits per heavy atom. The fourth-order valence-electron chi connectivity index (χ4n) is 1.61. The van der Waals surface area contributed by atoms with E-state index in [-0.39, 0.29) is 17.2 Å². The van der Waals surface area contributed by atoms with Crippen molar-refractivity contribution in [3.05, 3.63) is 34.8 Å². The lowest BCUT2D eigenvalue weighted by Gasteiger charge is -2.02. The maximum absolute atomic E-state index is 11.9. The van der Waals surface area contributed by atoms with Crippen molar-refractivity contribution in [3.63, 3.8) is 0 Å². The molecular formula is C12H11N3O2S. The average Bonchev–Trinajstić information content (AvgIpc) is 3.11. The Morgan fingerprint density at radius 2 is 2.11 bits per heavy atom. The molecule has 18 heavy (non-hydrogen) atoms. The molecule has 1 aliphatic carbocycles. The van der Waals surface area contributed by atoms with E-state index < -0.39 is 0 Å². The molecule has 1 aromatic carbocycles. The molecule has 2 N–H and O–H groups in total. The molecule has 0 atom stereocenters. The minimum Gasteiger partial charge on any atom is -0.507 e. The second-order valence-electron chi connectivity index (χ2n) is 4.19. The van der Waals surface area contributed by atoms with Crippen LogP contribution >= 0.6 is 11.3 Å². The van der Waals surface area contributed by atoms with Crippen molar-refractivity contribution in [3.8, 4) is 5.75 Å². The zero-order valence-corrected chi connectivity index (χ0v) is 10.3. The summed E-state index contributed by atoms with van der Waals surface area (Å²) in [6.45, 7) is 0. The van der Waals surface area contributed by atoms with Gasteiger partial charge in [-0.3, -0.25) is 10.1 Å². The van der Waals surface area contributed by atoms with Gasteiger partial charge in [0.2, 0.25) is 5.13 Å². The van der Waals surface area contributed by atoms with Crippen LogP contribution in [-0.2, 0) is 0 Å². The molecule has 0 saturated heterocycles. The highest BCUT2D eigenvalue weighted by atomic mass is 32.1. The molecule has 2 aromatic rings. The van der Waals surface area contributed by atoms with Gasteiger partial charge in [-0.15, -0.1) is 10.2 Å². The van der Waals surface area contributed by atoms with Gasteiger partial charge < -0.3 is 5.11 Å². The van der Waals surface area contributed by atoms with Crippen LogP contribution in [0.25, 0.3) is 0 Å². The molecule has 3 rings (SSSR count). The molecule has 92 valence electrons. The second kappa shape index (κ2) is 4.38. The van der Waals surface area contributed by atoms with E-state index in [1.165, 1.54) is 17.4 Å². The van der Waals surface area contributed by atoms with Crippen molar-refractivity contribution in [2.45, 2.75) is 18.8 Å². The topological polar surface area (TPSA) is 75.1 Å². The number of aromatic nitrogens is 2. The smallest absolute Gasteiger partial charge is 0.261 e. The normalized spacial score (nSPS) is 14.4. The lowest BCUT2D eigenvalue weighted by atomic mass is 10.2. The van der Waals surface area contributed by atoms with Crippen LogP contribution < -0.4 is 5.32 Å². The first-order chi connectivity index (χ1) is 8.74. The molecule has 6 heteroatoms. The number of anilines is 1. The van der Waals surface area contributed by atoms with Gasteiger partial charge in [0.05, 0.1) is 5.56 Å². The fourth-order valence-corrected chi connectivity index (χ4v) is 2.52. The Hall–Kier alpha value is -1.95. The summed E-state index contributed by atoms with van der Waals surface area (Å²) in [6.07, 6.45) is 2.31. The van der Waals surface area contributed by atoms with Gasteiger partial charge in [0, 0.05) is 5.92 Å². The number of phenolic OH excluding ortho intramolecular Hbond substituents is 1. The van der Waals surface area contributed by atoms with Crippen LogP contribution in [0, 0.1) is 0 Å². The predicted octanol–water partition coefficient (Wildman–Crippen LogP) is 2.37. The van der Waals surface area contributed by atoms with Gasteiger partial charge in [0.15, 0.2) is 0 Å². The van der Waals surface area contributed by atoms with E-state index >= 15 is 0 Å². The summed E-state index contributed by atoms with van der Waals surface area (Å²) in [4.78, 5) is 11.9. The number of amides is 1. The maximum Gasteiger partial charge on any atom is 0.261 e. The highest BCUT2D eigenvalue weighted by Gasteiger charge is 2.27. The van der Waals surface area contributed by atoms with Crippen LogP contribution in [0.5, 0.6) is 5.75 Å². The Labute approximate surface area is 107 Å². The lowest BCUT2D eigenvalue weighted by molar-refractivity contribution is 0.102. The Bertz CT molecular complexity index is 593. The van der Waals surface area contributed by atoms with E-state index in [4.69, 9.17) is 0 Å².